The second-order valence-corrected chi connectivity index (χ2v) is 33.7. The molecule has 122 heavy (non-hydrogen) atoms. The number of fused-ring (bicyclic) bond motifs is 16. The quantitative estimate of drug-likeness (QED) is 0.142. The third-order valence-electron chi connectivity index (χ3n) is 23.3. The normalized spacial score (nSPS) is 13.0. The molecule has 15 aromatic heterocycles. The summed E-state index contributed by atoms with van der Waals surface area (Å²) in [7, 11) is 0. The SMILES string of the molecule is Cc1cc2oc3c(-[n+]4c(C)n(-c5ccccc5)c5cc(C(C)(C)C)ccc54)c(C)ccc3c2cn1.Cc1cc2oc3c(-[n+]4c(C)n(-c5ccccc5)c5nccnc54)c(C)ccc3c2cn1.[2H]C([2H])([2H])[n+]1c(C)n(-c2c(C)ccc3c2oc2cc(C)ncc23)c2ncc(C(C)(C)C)nc21.[2H]C([2H])([2H])[n+]1c(C)n(-c2c(C)ccc3c2oc2cc(C)ncc23)c2nccnc21. The topological polar surface area (TPSA) is 217 Å². The molecule has 0 bridgehead atoms. The third kappa shape index (κ3) is 12.7. The number of benzene rings is 7. The van der Waals surface area contributed by atoms with Crippen molar-refractivity contribution in [2.45, 2.75) is 135 Å². The van der Waals surface area contributed by atoms with Crippen molar-refractivity contribution in [3.8, 4) is 34.1 Å². The largest absolute Gasteiger partial charge is 0.452 e. The number of aromatic nitrogens is 18. The van der Waals surface area contributed by atoms with Crippen LogP contribution in [0.15, 0.2) is 225 Å². The number of hydrogen-bond acceptors (Lipinski definition) is 14. The molecule has 15 heterocycles. The van der Waals surface area contributed by atoms with Crippen LogP contribution in [0.1, 0.15) is 129 Å². The second-order valence-electron chi connectivity index (χ2n) is 33.7. The Labute approximate surface area is 711 Å². The molecule has 0 aliphatic rings. The predicted molar refractivity (Wildman–Crippen MR) is 480 cm³/mol. The van der Waals surface area contributed by atoms with Crippen LogP contribution in [0.3, 0.4) is 0 Å². The number of nitrogens with zero attached hydrogens (tertiary/aromatic N) is 18. The summed E-state index contributed by atoms with van der Waals surface area (Å²) in [6.07, 6.45) is 15.7. The van der Waals surface area contributed by atoms with E-state index in [9.17, 15) is 0 Å². The number of hydrogen-bond donors (Lipinski definition) is 0. The molecule has 0 N–H and O–H groups in total. The van der Waals surface area contributed by atoms with Gasteiger partial charge in [0.15, 0.2) is 56.1 Å². The molecule has 0 amide bonds. The van der Waals surface area contributed by atoms with Crippen LogP contribution < -0.4 is 18.3 Å². The highest BCUT2D eigenvalue weighted by molar-refractivity contribution is 6.11. The molecule has 22 aromatic rings. The minimum absolute atomic E-state index is 0.0538. The van der Waals surface area contributed by atoms with Crippen molar-refractivity contribution in [1.29, 1.82) is 0 Å². The van der Waals surface area contributed by atoms with Crippen molar-refractivity contribution in [2.24, 2.45) is 14.0 Å². The van der Waals surface area contributed by atoms with Gasteiger partial charge in [-0.05, 0) is 144 Å². The van der Waals surface area contributed by atoms with E-state index in [1.165, 1.54) is 32.0 Å². The highest BCUT2D eigenvalue weighted by Gasteiger charge is 2.35. The lowest BCUT2D eigenvalue weighted by atomic mass is 9.87. The molecule has 0 saturated carbocycles. The minimum atomic E-state index is -2.42. The summed E-state index contributed by atoms with van der Waals surface area (Å²) in [5.74, 6) is 3.12. The van der Waals surface area contributed by atoms with E-state index in [0.29, 0.717) is 45.4 Å². The number of pyridine rings is 4. The summed E-state index contributed by atoms with van der Waals surface area (Å²) in [5, 5.41) is 7.85. The Bertz CT molecular complexity index is 8300. The van der Waals surface area contributed by atoms with E-state index in [-0.39, 0.29) is 10.8 Å². The number of imidazole rings is 4. The van der Waals surface area contributed by atoms with Crippen molar-refractivity contribution in [1.82, 2.24) is 68.1 Å². The summed E-state index contributed by atoms with van der Waals surface area (Å²) in [6.45, 7) is 31.9. The van der Waals surface area contributed by atoms with Crippen LogP contribution in [0.2, 0.25) is 0 Å². The fraction of sp³-hybridized carbons (Fsp3) is 0.220. The van der Waals surface area contributed by atoms with Crippen molar-refractivity contribution in [2.75, 3.05) is 0 Å². The summed E-state index contributed by atoms with van der Waals surface area (Å²) in [6, 6.07) is 52.1. The van der Waals surface area contributed by atoms with Gasteiger partial charge in [0.1, 0.15) is 51.8 Å². The molecule has 7 aromatic carbocycles. The first kappa shape index (κ1) is 70.5. The number of rotatable bonds is 6. The molecule has 604 valence electrons. The van der Waals surface area contributed by atoms with Gasteiger partial charge < -0.3 is 17.7 Å². The third-order valence-corrected chi connectivity index (χ3v) is 23.3. The lowest BCUT2D eigenvalue weighted by Crippen LogP contribution is -2.35. The van der Waals surface area contributed by atoms with Gasteiger partial charge in [0.25, 0.3) is 22.8 Å². The average Bonchev–Trinajstić information content (AvgIpc) is 1.58. The monoisotopic (exact) mass is 1620 g/mol. The van der Waals surface area contributed by atoms with Crippen LogP contribution in [0.25, 0.3) is 167 Å². The van der Waals surface area contributed by atoms with Crippen LogP contribution in [0.5, 0.6) is 0 Å². The Balaban J connectivity index is 0.000000111. The lowest BCUT2D eigenvalue weighted by Gasteiger charge is -2.18. The van der Waals surface area contributed by atoms with Gasteiger partial charge in [0.05, 0.1) is 40.8 Å². The fourth-order valence-corrected chi connectivity index (χ4v) is 17.0. The minimum Gasteiger partial charge on any atom is -0.452 e. The van der Waals surface area contributed by atoms with E-state index >= 15 is 0 Å². The van der Waals surface area contributed by atoms with Crippen LogP contribution in [0, 0.1) is 83.1 Å². The Morgan fingerprint density at radius 1 is 0.328 bits per heavy atom. The first-order valence-electron chi connectivity index (χ1n) is 43.7. The van der Waals surface area contributed by atoms with Gasteiger partial charge in [-0.3, -0.25) is 19.9 Å². The maximum absolute atomic E-state index is 8.21. The van der Waals surface area contributed by atoms with Gasteiger partial charge in [-0.2, -0.15) is 13.7 Å². The fourth-order valence-electron chi connectivity index (χ4n) is 17.0. The van der Waals surface area contributed by atoms with Gasteiger partial charge in [0.2, 0.25) is 17.5 Å². The van der Waals surface area contributed by atoms with Crippen molar-refractivity contribution < 1.29 is 44.2 Å². The number of para-hydroxylation sites is 2. The molecule has 0 saturated heterocycles. The molecule has 0 aliphatic heterocycles. The molecular formula is C100H94N18O4+4. The van der Waals surface area contributed by atoms with Crippen LogP contribution >= 0.6 is 0 Å². The van der Waals surface area contributed by atoms with E-state index in [1.54, 1.807) is 44.8 Å². The van der Waals surface area contributed by atoms with E-state index < -0.39 is 14.0 Å². The zero-order valence-corrected chi connectivity index (χ0v) is 71.3. The smallest absolute Gasteiger partial charge is 0.327 e. The predicted octanol–water partition coefficient (Wildman–Crippen LogP) is 20.6. The highest BCUT2D eigenvalue weighted by Crippen LogP contribution is 2.41. The molecule has 22 rings (SSSR count). The summed E-state index contributed by atoms with van der Waals surface area (Å²) >= 11 is 0. The second kappa shape index (κ2) is 29.2. The zero-order chi connectivity index (χ0) is 90.0. The van der Waals surface area contributed by atoms with Gasteiger partial charge in [-0.25, -0.2) is 37.8 Å². The molecular weight excluding hydrogens is 1520 g/mol. The number of furan rings is 4. The van der Waals surface area contributed by atoms with Gasteiger partial charge in [-0.1, -0.05) is 108 Å². The first-order valence-corrected chi connectivity index (χ1v) is 40.7. The van der Waals surface area contributed by atoms with E-state index in [1.807, 2.05) is 157 Å². The Morgan fingerprint density at radius 3 is 1.18 bits per heavy atom. The molecule has 0 atom stereocenters. The van der Waals surface area contributed by atoms with Crippen LogP contribution in [0.4, 0.5) is 0 Å². The maximum atomic E-state index is 8.21. The van der Waals surface area contributed by atoms with Gasteiger partial charge >= 0.3 is 16.9 Å². The molecule has 22 nitrogen and oxygen atoms in total. The molecule has 0 radical (unpaired) electrons. The lowest BCUT2D eigenvalue weighted by molar-refractivity contribution is -0.654. The van der Waals surface area contributed by atoms with Crippen LogP contribution in [-0.4, -0.2) is 68.1 Å². The van der Waals surface area contributed by atoms with Crippen LogP contribution in [-0.2, 0) is 24.8 Å². The standard InChI is InChI=1S/C31H30N3O.C25H20N5O.C24H26N5O.C20H18N5O/c1-19-12-14-24-25-18-32-20(2)16-28(25)35-30(24)29(19)34-21(3)33(23-10-8-7-9-11-23)27-17-22(31(4,5)6)13-15-26(27)34;1-15-9-10-19-20-14-28-16(2)13-21(20)31-23(19)22(15)30-17(3)29(18-7-5-4-6-8-18)24-25(30)27-12-11-26-24;1-13-8-9-16-17-11-25-14(2)10-18(17)30-21(16)20(13)29-15(3)28(7)23-22(29)26-12-19(27-23)24(4,5)6;1-11-5-6-14-15-10-23-12(2)9-16(15)26-18(14)17(11)25-13(3)24(4)19-20(25)22-8-7-21-19/h7-18H,1-6H3;4-14H,1-3H3;8-12H,1-7H3;5-10H,1-4H3/q4*+1/i;;7D3;4D3. The van der Waals surface area contributed by atoms with Gasteiger partial charge in [0, 0.05) is 154 Å². The molecule has 0 unspecified atom stereocenters. The van der Waals surface area contributed by atoms with Gasteiger partial charge in [-0.15, -0.1) is 15.0 Å². The Hall–Kier alpha value is -14.5. The van der Waals surface area contributed by atoms with E-state index in [2.05, 4.69) is 187 Å². The number of aryl methyl sites for hydroxylation is 10. The summed E-state index contributed by atoms with van der Waals surface area (Å²) < 4.78 is 89.2. The highest BCUT2D eigenvalue weighted by atomic mass is 16.3. The molecule has 0 spiro atoms. The summed E-state index contributed by atoms with van der Waals surface area (Å²) in [4.78, 5) is 45.4. The molecule has 0 aliphatic carbocycles. The first-order chi connectivity index (χ1) is 61.0. The van der Waals surface area contributed by atoms with E-state index in [4.69, 9.17) is 40.8 Å². The van der Waals surface area contributed by atoms with Crippen molar-refractivity contribution in [3.05, 3.63) is 287 Å². The Kier molecular flexibility index (Phi) is 16.9. The maximum Gasteiger partial charge on any atom is 0.327 e. The zero-order valence-electron chi connectivity index (χ0n) is 77.3. The van der Waals surface area contributed by atoms with Crippen molar-refractivity contribution >= 4 is 133 Å². The van der Waals surface area contributed by atoms with E-state index in [0.717, 1.165) is 184 Å². The van der Waals surface area contributed by atoms with Crippen molar-refractivity contribution in [3.63, 3.8) is 0 Å². The molecule has 22 heteroatoms. The summed E-state index contributed by atoms with van der Waals surface area (Å²) in [5.41, 5.74) is 27.1. The molecule has 0 fully saturated rings. The Morgan fingerprint density at radius 2 is 0.721 bits per heavy atom. The average molecular weight is 1620 g/mol.